The fraction of sp³-hybridized carbons (Fsp3) is 0.571. The zero-order chi connectivity index (χ0) is 14.6. The minimum absolute atomic E-state index is 0.0118. The standard InChI is InChI=1S/C14H21NO4S/c1-19-14-6-3-7-15(9-14)20(17,18)11-13-5-2-4-12(8-13)10-16/h2,4-5,8,14,16H,3,6-7,9-11H2,1H3. The lowest BCUT2D eigenvalue weighted by Gasteiger charge is -2.31. The Morgan fingerprint density at radius 3 is 2.85 bits per heavy atom. The number of aliphatic hydroxyl groups excluding tert-OH is 1. The third-order valence-electron chi connectivity index (χ3n) is 3.59. The Kier molecular flexibility index (Phi) is 5.15. The third-order valence-corrected chi connectivity index (χ3v) is 5.41. The molecule has 1 heterocycles. The summed E-state index contributed by atoms with van der Waals surface area (Å²) < 4.78 is 31.6. The van der Waals surface area contributed by atoms with Crippen LogP contribution >= 0.6 is 0 Å². The quantitative estimate of drug-likeness (QED) is 0.885. The molecule has 0 amide bonds. The number of piperidine rings is 1. The summed E-state index contributed by atoms with van der Waals surface area (Å²) in [4.78, 5) is 0. The van der Waals surface area contributed by atoms with Gasteiger partial charge in [-0.3, -0.25) is 0 Å². The lowest BCUT2D eigenvalue weighted by atomic mass is 10.1. The van der Waals surface area contributed by atoms with Crippen molar-refractivity contribution in [3.8, 4) is 0 Å². The van der Waals surface area contributed by atoms with Gasteiger partial charge in [-0.1, -0.05) is 24.3 Å². The van der Waals surface area contributed by atoms with Gasteiger partial charge < -0.3 is 9.84 Å². The number of sulfonamides is 1. The van der Waals surface area contributed by atoms with E-state index in [-0.39, 0.29) is 18.5 Å². The van der Waals surface area contributed by atoms with E-state index in [2.05, 4.69) is 0 Å². The molecule has 20 heavy (non-hydrogen) atoms. The summed E-state index contributed by atoms with van der Waals surface area (Å²) in [6.45, 7) is 0.907. The van der Waals surface area contributed by atoms with Gasteiger partial charge in [0.05, 0.1) is 18.5 Å². The molecule has 2 rings (SSSR count). The van der Waals surface area contributed by atoms with Crippen LogP contribution in [0.15, 0.2) is 24.3 Å². The van der Waals surface area contributed by atoms with Crippen LogP contribution in [0, 0.1) is 0 Å². The number of nitrogens with zero attached hydrogens (tertiary/aromatic N) is 1. The maximum Gasteiger partial charge on any atom is 0.218 e. The first-order valence-electron chi connectivity index (χ1n) is 6.74. The highest BCUT2D eigenvalue weighted by molar-refractivity contribution is 7.88. The van der Waals surface area contributed by atoms with E-state index in [9.17, 15) is 8.42 Å². The molecule has 0 radical (unpaired) electrons. The molecule has 0 spiro atoms. The largest absolute Gasteiger partial charge is 0.392 e. The Morgan fingerprint density at radius 2 is 2.15 bits per heavy atom. The van der Waals surface area contributed by atoms with Crippen LogP contribution in [-0.4, -0.2) is 44.1 Å². The van der Waals surface area contributed by atoms with Gasteiger partial charge in [-0.25, -0.2) is 8.42 Å². The first kappa shape index (κ1) is 15.4. The predicted molar refractivity (Wildman–Crippen MR) is 76.6 cm³/mol. The summed E-state index contributed by atoms with van der Waals surface area (Å²) in [5.41, 5.74) is 1.43. The summed E-state index contributed by atoms with van der Waals surface area (Å²) in [6.07, 6.45) is 1.72. The van der Waals surface area contributed by atoms with Crippen molar-refractivity contribution in [3.05, 3.63) is 35.4 Å². The van der Waals surface area contributed by atoms with Crippen LogP contribution in [0.5, 0.6) is 0 Å². The molecule has 112 valence electrons. The average Bonchev–Trinajstić information content (AvgIpc) is 2.47. The SMILES string of the molecule is COC1CCCN(S(=O)(=O)Cc2cccc(CO)c2)C1. The molecule has 1 N–H and O–H groups in total. The van der Waals surface area contributed by atoms with Crippen molar-refractivity contribution < 1.29 is 18.3 Å². The molecule has 5 nitrogen and oxygen atoms in total. The number of rotatable bonds is 5. The van der Waals surface area contributed by atoms with Crippen molar-refractivity contribution >= 4 is 10.0 Å². The fourth-order valence-corrected chi connectivity index (χ4v) is 4.05. The molecule has 1 unspecified atom stereocenters. The van der Waals surface area contributed by atoms with Gasteiger partial charge in [-0.05, 0) is 24.0 Å². The van der Waals surface area contributed by atoms with E-state index >= 15 is 0 Å². The van der Waals surface area contributed by atoms with E-state index in [1.165, 1.54) is 4.31 Å². The Hall–Kier alpha value is -0.950. The second-order valence-electron chi connectivity index (χ2n) is 5.09. The lowest BCUT2D eigenvalue weighted by Crippen LogP contribution is -2.43. The second kappa shape index (κ2) is 6.67. The molecule has 1 aromatic carbocycles. The van der Waals surface area contributed by atoms with Crippen molar-refractivity contribution in [1.82, 2.24) is 4.31 Å². The molecular formula is C14H21NO4S. The molecule has 1 aliphatic rings. The lowest BCUT2D eigenvalue weighted by molar-refractivity contribution is 0.0571. The van der Waals surface area contributed by atoms with Crippen molar-refractivity contribution in [2.75, 3.05) is 20.2 Å². The van der Waals surface area contributed by atoms with Gasteiger partial charge in [0.15, 0.2) is 0 Å². The predicted octanol–water partition coefficient (Wildman–Crippen LogP) is 1.12. The molecule has 6 heteroatoms. The van der Waals surface area contributed by atoms with Gasteiger partial charge in [0, 0.05) is 20.2 Å². The molecule has 1 aliphatic heterocycles. The van der Waals surface area contributed by atoms with Crippen molar-refractivity contribution in [2.24, 2.45) is 0 Å². The van der Waals surface area contributed by atoms with Gasteiger partial charge in [-0.2, -0.15) is 4.31 Å². The van der Waals surface area contributed by atoms with Gasteiger partial charge in [-0.15, -0.1) is 0 Å². The number of aliphatic hydroxyl groups is 1. The molecule has 1 fully saturated rings. The van der Waals surface area contributed by atoms with Crippen LogP contribution in [0.2, 0.25) is 0 Å². The summed E-state index contributed by atoms with van der Waals surface area (Å²) in [6, 6.07) is 7.05. The average molecular weight is 299 g/mol. The number of methoxy groups -OCH3 is 1. The van der Waals surface area contributed by atoms with Crippen LogP contribution in [0.3, 0.4) is 0 Å². The highest BCUT2D eigenvalue weighted by atomic mass is 32.2. The van der Waals surface area contributed by atoms with E-state index in [1.807, 2.05) is 0 Å². The first-order valence-corrected chi connectivity index (χ1v) is 8.35. The van der Waals surface area contributed by atoms with Gasteiger partial charge in [0.1, 0.15) is 0 Å². The molecule has 1 aromatic rings. The highest BCUT2D eigenvalue weighted by Gasteiger charge is 2.28. The number of ether oxygens (including phenoxy) is 1. The smallest absolute Gasteiger partial charge is 0.218 e. The normalized spacial score (nSPS) is 21.0. The van der Waals surface area contributed by atoms with E-state index in [0.717, 1.165) is 18.4 Å². The van der Waals surface area contributed by atoms with E-state index in [4.69, 9.17) is 9.84 Å². The van der Waals surface area contributed by atoms with Gasteiger partial charge >= 0.3 is 0 Å². The Morgan fingerprint density at radius 1 is 1.40 bits per heavy atom. The number of benzene rings is 1. The molecular weight excluding hydrogens is 278 g/mol. The number of hydrogen-bond acceptors (Lipinski definition) is 4. The van der Waals surface area contributed by atoms with Crippen LogP contribution in [-0.2, 0) is 27.1 Å². The van der Waals surface area contributed by atoms with E-state index in [1.54, 1.807) is 31.4 Å². The summed E-state index contributed by atoms with van der Waals surface area (Å²) in [5, 5.41) is 9.10. The molecule has 0 bridgehead atoms. The van der Waals surface area contributed by atoms with Gasteiger partial charge in [0.25, 0.3) is 0 Å². The van der Waals surface area contributed by atoms with E-state index in [0.29, 0.717) is 18.7 Å². The minimum atomic E-state index is -3.33. The minimum Gasteiger partial charge on any atom is -0.392 e. The van der Waals surface area contributed by atoms with Crippen molar-refractivity contribution in [2.45, 2.75) is 31.3 Å². The van der Waals surface area contributed by atoms with E-state index < -0.39 is 10.0 Å². The molecule has 0 aliphatic carbocycles. The third kappa shape index (κ3) is 3.79. The Bertz CT molecular complexity index is 544. The van der Waals surface area contributed by atoms with Crippen LogP contribution in [0.4, 0.5) is 0 Å². The zero-order valence-corrected chi connectivity index (χ0v) is 12.5. The molecule has 0 aromatic heterocycles. The fourth-order valence-electron chi connectivity index (χ4n) is 2.47. The van der Waals surface area contributed by atoms with Crippen LogP contribution < -0.4 is 0 Å². The van der Waals surface area contributed by atoms with Crippen LogP contribution in [0.25, 0.3) is 0 Å². The number of hydrogen-bond donors (Lipinski definition) is 1. The highest BCUT2D eigenvalue weighted by Crippen LogP contribution is 2.19. The zero-order valence-electron chi connectivity index (χ0n) is 11.7. The molecule has 0 saturated carbocycles. The summed E-state index contributed by atoms with van der Waals surface area (Å²) in [7, 11) is -1.72. The Labute approximate surface area is 120 Å². The topological polar surface area (TPSA) is 66.8 Å². The maximum atomic E-state index is 12.4. The van der Waals surface area contributed by atoms with Crippen LogP contribution in [0.1, 0.15) is 24.0 Å². The summed E-state index contributed by atoms with van der Waals surface area (Å²) in [5.74, 6) is -0.0305. The second-order valence-corrected chi connectivity index (χ2v) is 7.06. The van der Waals surface area contributed by atoms with Crippen molar-refractivity contribution in [3.63, 3.8) is 0 Å². The molecule has 1 atom stereocenters. The monoisotopic (exact) mass is 299 g/mol. The first-order chi connectivity index (χ1) is 9.55. The molecule has 1 saturated heterocycles. The van der Waals surface area contributed by atoms with Gasteiger partial charge in [0.2, 0.25) is 10.0 Å². The Balaban J connectivity index is 2.10. The van der Waals surface area contributed by atoms with Crippen molar-refractivity contribution in [1.29, 1.82) is 0 Å². The summed E-state index contributed by atoms with van der Waals surface area (Å²) >= 11 is 0. The maximum absolute atomic E-state index is 12.4.